The van der Waals surface area contributed by atoms with Gasteiger partial charge in [-0.15, -0.1) is 11.8 Å². The third-order valence-electron chi connectivity index (χ3n) is 3.86. The van der Waals surface area contributed by atoms with Crippen LogP contribution in [0.25, 0.3) is 0 Å². The molecule has 0 aliphatic heterocycles. The Bertz CT molecular complexity index is 545. The summed E-state index contributed by atoms with van der Waals surface area (Å²) in [5.74, 6) is 1.04. The lowest BCUT2D eigenvalue weighted by Gasteiger charge is -2.28. The average Bonchev–Trinajstić information content (AvgIpc) is 2.36. The molecule has 0 aromatic heterocycles. The number of carbonyl (C=O) groups is 1. The highest BCUT2D eigenvalue weighted by molar-refractivity contribution is 7.99. The van der Waals surface area contributed by atoms with Crippen molar-refractivity contribution in [3.63, 3.8) is 0 Å². The first-order chi connectivity index (χ1) is 10.8. The molecule has 4 heteroatoms. The molecule has 0 radical (unpaired) electrons. The molecule has 0 bridgehead atoms. The van der Waals surface area contributed by atoms with Gasteiger partial charge >= 0.3 is 5.97 Å². The maximum atomic E-state index is 11.0. The molecule has 1 unspecified atom stereocenters. The number of thioether (sulfide) groups is 1. The van der Waals surface area contributed by atoms with Gasteiger partial charge < -0.3 is 9.84 Å². The molecule has 0 spiro atoms. The molecular formula is C20H32O3S. The van der Waals surface area contributed by atoms with Gasteiger partial charge in [0.2, 0.25) is 0 Å². The third kappa shape index (κ3) is 6.04. The van der Waals surface area contributed by atoms with Crippen molar-refractivity contribution in [2.75, 3.05) is 5.75 Å². The van der Waals surface area contributed by atoms with Crippen LogP contribution in [-0.2, 0) is 20.4 Å². The number of carbonyl (C=O) groups excluding carboxylic acids is 1. The van der Waals surface area contributed by atoms with E-state index in [9.17, 15) is 9.90 Å². The largest absolute Gasteiger partial charge is 0.507 e. The first-order valence-corrected chi connectivity index (χ1v) is 9.49. The summed E-state index contributed by atoms with van der Waals surface area (Å²) in [6.07, 6.45) is 0.733. The Balaban J connectivity index is 3.01. The topological polar surface area (TPSA) is 46.5 Å². The predicted molar refractivity (Wildman–Crippen MR) is 102 cm³/mol. The van der Waals surface area contributed by atoms with E-state index in [-0.39, 0.29) is 22.9 Å². The summed E-state index contributed by atoms with van der Waals surface area (Å²) >= 11 is 1.74. The molecule has 0 saturated carbocycles. The molecule has 0 saturated heterocycles. The van der Waals surface area contributed by atoms with Gasteiger partial charge in [-0.25, -0.2) is 0 Å². The summed E-state index contributed by atoms with van der Waals surface area (Å²) in [5.41, 5.74) is 1.72. The molecule has 1 aromatic carbocycles. The molecule has 1 aromatic rings. The zero-order chi connectivity index (χ0) is 18.7. The summed E-state index contributed by atoms with van der Waals surface area (Å²) in [6, 6.07) is 4.18. The van der Waals surface area contributed by atoms with Crippen molar-refractivity contribution in [3.05, 3.63) is 23.3 Å². The Morgan fingerprint density at radius 3 is 1.96 bits per heavy atom. The van der Waals surface area contributed by atoms with Gasteiger partial charge in [-0.05, 0) is 36.3 Å². The van der Waals surface area contributed by atoms with Crippen molar-refractivity contribution in [3.8, 4) is 5.75 Å². The fraction of sp³-hybridized carbons (Fsp3) is 0.650. The number of ether oxygens (including phenoxy) is 1. The second kappa shape index (κ2) is 7.81. The van der Waals surface area contributed by atoms with E-state index >= 15 is 0 Å². The summed E-state index contributed by atoms with van der Waals surface area (Å²) < 4.78 is 5.17. The summed E-state index contributed by atoms with van der Waals surface area (Å²) in [7, 11) is 0. The van der Waals surface area contributed by atoms with E-state index in [1.54, 1.807) is 11.8 Å². The second-order valence-electron chi connectivity index (χ2n) is 8.42. The number of benzene rings is 1. The van der Waals surface area contributed by atoms with E-state index in [2.05, 4.69) is 53.7 Å². The molecule has 1 N–H and O–H groups in total. The van der Waals surface area contributed by atoms with Crippen LogP contribution in [0.1, 0.15) is 72.9 Å². The minimum absolute atomic E-state index is 0.0729. The molecular weight excluding hydrogens is 320 g/mol. The van der Waals surface area contributed by atoms with Crippen LogP contribution in [0.15, 0.2) is 17.0 Å². The lowest BCUT2D eigenvalue weighted by molar-refractivity contribution is -0.145. The van der Waals surface area contributed by atoms with E-state index in [0.717, 1.165) is 28.2 Å². The average molecular weight is 353 g/mol. The maximum Gasteiger partial charge on any atom is 0.302 e. The SMILES string of the molecule is CC(=O)OC(C)CCSc1cc(C(C)(C)C)c(O)c(C(C)(C)C)c1. The Kier molecular flexibility index (Phi) is 6.80. The van der Waals surface area contributed by atoms with Crippen LogP contribution in [0, 0.1) is 0 Å². The number of esters is 1. The number of hydrogen-bond donors (Lipinski definition) is 1. The fourth-order valence-corrected chi connectivity index (χ4v) is 3.61. The zero-order valence-electron chi connectivity index (χ0n) is 16.3. The predicted octanol–water partition coefficient (Wildman–Crippen LogP) is 5.42. The number of rotatable bonds is 5. The first-order valence-electron chi connectivity index (χ1n) is 8.50. The van der Waals surface area contributed by atoms with Crippen molar-refractivity contribution in [1.82, 2.24) is 0 Å². The van der Waals surface area contributed by atoms with Crippen molar-refractivity contribution in [1.29, 1.82) is 0 Å². The Morgan fingerprint density at radius 1 is 1.12 bits per heavy atom. The Morgan fingerprint density at radius 2 is 1.58 bits per heavy atom. The molecule has 0 aliphatic carbocycles. The maximum absolute atomic E-state index is 11.0. The van der Waals surface area contributed by atoms with Gasteiger partial charge in [0.25, 0.3) is 0 Å². The van der Waals surface area contributed by atoms with E-state index < -0.39 is 0 Å². The normalized spacial score (nSPS) is 13.7. The van der Waals surface area contributed by atoms with Gasteiger partial charge in [-0.3, -0.25) is 4.79 Å². The Labute approximate surface area is 151 Å². The van der Waals surface area contributed by atoms with Crippen LogP contribution in [-0.4, -0.2) is 22.9 Å². The molecule has 136 valence electrons. The van der Waals surface area contributed by atoms with Crippen LogP contribution in [0.5, 0.6) is 5.75 Å². The number of phenolic OH excluding ortho intramolecular Hbond substituents is 1. The molecule has 0 heterocycles. The van der Waals surface area contributed by atoms with Gasteiger partial charge in [0.05, 0.1) is 6.10 Å². The lowest BCUT2D eigenvalue weighted by atomic mass is 9.79. The zero-order valence-corrected chi connectivity index (χ0v) is 17.1. The second-order valence-corrected chi connectivity index (χ2v) is 9.59. The molecule has 1 atom stereocenters. The summed E-state index contributed by atoms with van der Waals surface area (Å²) in [6.45, 7) is 16.1. The summed E-state index contributed by atoms with van der Waals surface area (Å²) in [5, 5.41) is 10.7. The van der Waals surface area contributed by atoms with Crippen LogP contribution in [0.2, 0.25) is 0 Å². The van der Waals surface area contributed by atoms with Gasteiger partial charge in [0.1, 0.15) is 5.75 Å². The van der Waals surface area contributed by atoms with Crippen LogP contribution in [0.4, 0.5) is 0 Å². The molecule has 24 heavy (non-hydrogen) atoms. The highest BCUT2D eigenvalue weighted by Gasteiger charge is 2.26. The van der Waals surface area contributed by atoms with Crippen LogP contribution in [0.3, 0.4) is 0 Å². The lowest BCUT2D eigenvalue weighted by Crippen LogP contribution is -2.17. The number of hydrogen-bond acceptors (Lipinski definition) is 4. The van der Waals surface area contributed by atoms with Crippen molar-refractivity contribution >= 4 is 17.7 Å². The van der Waals surface area contributed by atoms with E-state index in [1.165, 1.54) is 6.92 Å². The highest BCUT2D eigenvalue weighted by atomic mass is 32.2. The number of aromatic hydroxyl groups is 1. The molecule has 0 fully saturated rings. The van der Waals surface area contributed by atoms with Crippen molar-refractivity contribution in [2.45, 2.75) is 83.6 Å². The van der Waals surface area contributed by atoms with Crippen molar-refractivity contribution in [2.24, 2.45) is 0 Å². The van der Waals surface area contributed by atoms with E-state index in [4.69, 9.17) is 4.74 Å². The molecule has 3 nitrogen and oxygen atoms in total. The quantitative estimate of drug-likeness (QED) is 0.567. The standard InChI is InChI=1S/C20H32O3S/c1-13(23-14(2)21)9-10-24-15-11-16(19(3,4)5)18(22)17(12-15)20(6,7)8/h11-13,22H,9-10H2,1-8H3. The van der Waals surface area contributed by atoms with E-state index in [0.29, 0.717) is 5.75 Å². The fourth-order valence-electron chi connectivity index (χ4n) is 2.52. The smallest absolute Gasteiger partial charge is 0.302 e. The minimum atomic E-state index is -0.234. The van der Waals surface area contributed by atoms with E-state index in [1.807, 2.05) is 6.92 Å². The molecule has 1 rings (SSSR count). The van der Waals surface area contributed by atoms with Crippen LogP contribution < -0.4 is 0 Å². The highest BCUT2D eigenvalue weighted by Crippen LogP contribution is 2.41. The van der Waals surface area contributed by atoms with Gasteiger partial charge in [0.15, 0.2) is 0 Å². The summed E-state index contributed by atoms with van der Waals surface area (Å²) in [4.78, 5) is 12.1. The van der Waals surface area contributed by atoms with Gasteiger partial charge in [-0.2, -0.15) is 0 Å². The Hall–Kier alpha value is -1.16. The van der Waals surface area contributed by atoms with Crippen molar-refractivity contribution < 1.29 is 14.6 Å². The third-order valence-corrected chi connectivity index (χ3v) is 4.87. The molecule has 0 amide bonds. The number of phenols is 1. The van der Waals surface area contributed by atoms with Gasteiger partial charge in [-0.1, -0.05) is 41.5 Å². The van der Waals surface area contributed by atoms with Crippen LogP contribution >= 0.6 is 11.8 Å². The molecule has 0 aliphatic rings. The monoisotopic (exact) mass is 352 g/mol. The minimum Gasteiger partial charge on any atom is -0.507 e. The van der Waals surface area contributed by atoms with Gasteiger partial charge in [0, 0.05) is 28.7 Å². The first kappa shape index (κ1) is 20.9.